The number of nitrogens with zero attached hydrogens (tertiary/aromatic N) is 1. The second-order valence-electron chi connectivity index (χ2n) is 11.7. The maximum atomic E-state index is 2.40. The van der Waals surface area contributed by atoms with E-state index < -0.39 is 0 Å². The fourth-order valence-electron chi connectivity index (χ4n) is 7.19. The monoisotopic (exact) mass is 571 g/mol. The third-order valence-electron chi connectivity index (χ3n) is 9.19. The first kappa shape index (κ1) is 25.6. The predicted molar refractivity (Wildman–Crippen MR) is 192 cm³/mol. The van der Waals surface area contributed by atoms with E-state index >= 15 is 0 Å². The first-order chi connectivity index (χ1) is 22.3. The Hall–Kier alpha value is -5.92. The molecule has 0 aliphatic heterocycles. The summed E-state index contributed by atoms with van der Waals surface area (Å²) in [7, 11) is 0. The van der Waals surface area contributed by atoms with Crippen molar-refractivity contribution < 1.29 is 0 Å². The number of aromatic nitrogens is 1. The van der Waals surface area contributed by atoms with Gasteiger partial charge in [-0.25, -0.2) is 0 Å². The first-order valence-corrected chi connectivity index (χ1v) is 15.5. The number of hydrogen-bond acceptors (Lipinski definition) is 0. The molecule has 0 amide bonds. The molecule has 0 bridgehead atoms. The fraction of sp³-hybridized carbons (Fsp3) is 0. The summed E-state index contributed by atoms with van der Waals surface area (Å²) in [6.07, 6.45) is 0. The van der Waals surface area contributed by atoms with Gasteiger partial charge in [-0.2, -0.15) is 0 Å². The maximum absolute atomic E-state index is 2.40. The lowest BCUT2D eigenvalue weighted by Gasteiger charge is -2.18. The molecule has 0 saturated heterocycles. The minimum Gasteiger partial charge on any atom is -0.309 e. The molecule has 45 heavy (non-hydrogen) atoms. The van der Waals surface area contributed by atoms with Gasteiger partial charge in [-0.3, -0.25) is 0 Å². The van der Waals surface area contributed by atoms with Gasteiger partial charge < -0.3 is 4.57 Å². The van der Waals surface area contributed by atoms with Crippen molar-refractivity contribution in [2.24, 2.45) is 0 Å². The van der Waals surface area contributed by atoms with E-state index in [1.165, 1.54) is 76.7 Å². The Morgan fingerprint density at radius 1 is 0.267 bits per heavy atom. The summed E-state index contributed by atoms with van der Waals surface area (Å²) in [5.74, 6) is 0. The second-order valence-corrected chi connectivity index (χ2v) is 11.7. The molecule has 9 rings (SSSR count). The molecule has 8 aromatic carbocycles. The molecule has 1 aromatic heterocycles. The van der Waals surface area contributed by atoms with Crippen molar-refractivity contribution in [1.29, 1.82) is 0 Å². The third-order valence-corrected chi connectivity index (χ3v) is 9.19. The van der Waals surface area contributed by atoms with E-state index in [-0.39, 0.29) is 0 Å². The van der Waals surface area contributed by atoms with Crippen LogP contribution in [0.3, 0.4) is 0 Å². The number of fused-ring (bicyclic) bond motifs is 5. The molecule has 0 aliphatic carbocycles. The number of benzene rings is 8. The van der Waals surface area contributed by atoms with Crippen molar-refractivity contribution in [3.63, 3.8) is 0 Å². The predicted octanol–water partition coefficient (Wildman–Crippen LogP) is 12.1. The van der Waals surface area contributed by atoms with Crippen LogP contribution in [0.4, 0.5) is 0 Å². The number of para-hydroxylation sites is 1. The zero-order valence-corrected chi connectivity index (χ0v) is 24.7. The van der Waals surface area contributed by atoms with Crippen LogP contribution in [0.25, 0.3) is 82.4 Å². The molecule has 0 atom stereocenters. The van der Waals surface area contributed by atoms with E-state index in [9.17, 15) is 0 Å². The average molecular weight is 572 g/mol. The van der Waals surface area contributed by atoms with E-state index in [2.05, 4.69) is 180 Å². The summed E-state index contributed by atoms with van der Waals surface area (Å²) in [6.45, 7) is 0. The standard InChI is InChI=1S/C44H29N/c1-3-13-30(14-4-1)33-25-28-42-40(29-33)35-17-11-12-22-41(35)45(42)34-26-23-32(24-27-34)44-38-20-9-7-18-36(38)43(31-15-5-2-6-16-31)37-19-8-10-21-39(37)44/h1-29H. The third kappa shape index (κ3) is 4.09. The summed E-state index contributed by atoms with van der Waals surface area (Å²) in [4.78, 5) is 0. The van der Waals surface area contributed by atoms with Crippen LogP contribution in [0.5, 0.6) is 0 Å². The zero-order valence-electron chi connectivity index (χ0n) is 24.7. The van der Waals surface area contributed by atoms with Crippen LogP contribution in [0.2, 0.25) is 0 Å². The molecule has 0 spiro atoms. The van der Waals surface area contributed by atoms with Gasteiger partial charge in [-0.15, -0.1) is 0 Å². The second kappa shape index (κ2) is 10.4. The van der Waals surface area contributed by atoms with Crippen molar-refractivity contribution >= 4 is 43.4 Å². The van der Waals surface area contributed by atoms with Gasteiger partial charge in [0.25, 0.3) is 0 Å². The average Bonchev–Trinajstić information content (AvgIpc) is 3.45. The molecule has 1 nitrogen and oxygen atoms in total. The van der Waals surface area contributed by atoms with Gasteiger partial charge in [-0.05, 0) is 85.3 Å². The van der Waals surface area contributed by atoms with Gasteiger partial charge in [0.1, 0.15) is 0 Å². The Morgan fingerprint density at radius 2 is 0.689 bits per heavy atom. The van der Waals surface area contributed by atoms with Gasteiger partial charge in [0.2, 0.25) is 0 Å². The fourth-order valence-corrected chi connectivity index (χ4v) is 7.19. The highest BCUT2D eigenvalue weighted by atomic mass is 15.0. The Bertz CT molecular complexity index is 2450. The number of hydrogen-bond donors (Lipinski definition) is 0. The van der Waals surface area contributed by atoms with Crippen LogP contribution < -0.4 is 0 Å². The van der Waals surface area contributed by atoms with Gasteiger partial charge in [0.15, 0.2) is 0 Å². The first-order valence-electron chi connectivity index (χ1n) is 15.5. The lowest BCUT2D eigenvalue weighted by molar-refractivity contribution is 1.18. The van der Waals surface area contributed by atoms with E-state index in [1.54, 1.807) is 0 Å². The molecule has 0 unspecified atom stereocenters. The Kier molecular flexibility index (Phi) is 5.89. The van der Waals surface area contributed by atoms with Crippen molar-refractivity contribution in [2.75, 3.05) is 0 Å². The van der Waals surface area contributed by atoms with E-state index in [0.29, 0.717) is 0 Å². The van der Waals surface area contributed by atoms with E-state index in [1.807, 2.05) is 0 Å². The van der Waals surface area contributed by atoms with Crippen LogP contribution in [0.1, 0.15) is 0 Å². The van der Waals surface area contributed by atoms with Crippen molar-refractivity contribution in [1.82, 2.24) is 4.57 Å². The molecule has 1 heterocycles. The molecule has 0 saturated carbocycles. The molecule has 9 aromatic rings. The van der Waals surface area contributed by atoms with Crippen molar-refractivity contribution in [3.05, 3.63) is 176 Å². The van der Waals surface area contributed by atoms with Crippen LogP contribution in [-0.2, 0) is 0 Å². The number of rotatable bonds is 4. The summed E-state index contributed by atoms with van der Waals surface area (Å²) in [5.41, 5.74) is 11.1. The summed E-state index contributed by atoms with van der Waals surface area (Å²) in [5, 5.41) is 7.63. The zero-order chi connectivity index (χ0) is 29.7. The van der Waals surface area contributed by atoms with Gasteiger partial charge in [-0.1, -0.05) is 146 Å². The van der Waals surface area contributed by atoms with E-state index in [0.717, 1.165) is 5.69 Å². The molecule has 210 valence electrons. The lowest BCUT2D eigenvalue weighted by Crippen LogP contribution is -1.94. The Balaban J connectivity index is 1.24. The molecular formula is C44H29N. The normalized spacial score (nSPS) is 11.6. The summed E-state index contributed by atoms with van der Waals surface area (Å²) >= 11 is 0. The molecule has 0 fully saturated rings. The van der Waals surface area contributed by atoms with E-state index in [4.69, 9.17) is 0 Å². The van der Waals surface area contributed by atoms with Crippen LogP contribution in [-0.4, -0.2) is 4.57 Å². The van der Waals surface area contributed by atoms with Crippen molar-refractivity contribution in [3.8, 4) is 39.1 Å². The highest BCUT2D eigenvalue weighted by Gasteiger charge is 2.17. The lowest BCUT2D eigenvalue weighted by atomic mass is 9.86. The molecule has 0 radical (unpaired) electrons. The quantitative estimate of drug-likeness (QED) is 0.185. The van der Waals surface area contributed by atoms with Crippen LogP contribution in [0.15, 0.2) is 176 Å². The van der Waals surface area contributed by atoms with Gasteiger partial charge in [0.05, 0.1) is 11.0 Å². The SMILES string of the molecule is c1ccc(-c2ccc3c(c2)c2ccccc2n3-c2ccc(-c3c4ccccc4c(-c4ccccc4)c4ccccc34)cc2)cc1. The molecule has 1 heteroatoms. The molecule has 0 aliphatic rings. The minimum absolute atomic E-state index is 1.16. The molecular weight excluding hydrogens is 542 g/mol. The highest BCUT2D eigenvalue weighted by Crippen LogP contribution is 2.44. The van der Waals surface area contributed by atoms with Gasteiger partial charge >= 0.3 is 0 Å². The van der Waals surface area contributed by atoms with Crippen LogP contribution >= 0.6 is 0 Å². The smallest absolute Gasteiger partial charge is 0.0541 e. The molecule has 0 N–H and O–H groups in total. The highest BCUT2D eigenvalue weighted by molar-refractivity contribution is 6.21. The van der Waals surface area contributed by atoms with Crippen molar-refractivity contribution in [2.45, 2.75) is 0 Å². The Morgan fingerprint density at radius 3 is 1.27 bits per heavy atom. The topological polar surface area (TPSA) is 4.93 Å². The summed E-state index contributed by atoms with van der Waals surface area (Å²) in [6, 6.07) is 63.9. The largest absolute Gasteiger partial charge is 0.309 e. The minimum atomic E-state index is 1.16. The van der Waals surface area contributed by atoms with Crippen LogP contribution in [0, 0.1) is 0 Å². The maximum Gasteiger partial charge on any atom is 0.0541 e. The Labute approximate surface area is 262 Å². The summed E-state index contributed by atoms with van der Waals surface area (Å²) < 4.78 is 2.40. The van der Waals surface area contributed by atoms with Gasteiger partial charge in [0, 0.05) is 16.5 Å².